The van der Waals surface area contributed by atoms with Crippen molar-refractivity contribution in [2.24, 2.45) is 10.9 Å². The number of halogens is 1. The van der Waals surface area contributed by atoms with Crippen LogP contribution in [0.5, 0.6) is 0 Å². The molecule has 1 fully saturated rings. The third kappa shape index (κ3) is 7.07. The van der Waals surface area contributed by atoms with E-state index >= 15 is 0 Å². The van der Waals surface area contributed by atoms with E-state index in [4.69, 9.17) is 0 Å². The van der Waals surface area contributed by atoms with Gasteiger partial charge in [0.15, 0.2) is 5.96 Å². The van der Waals surface area contributed by atoms with Crippen LogP contribution in [-0.4, -0.2) is 63.1 Å². The number of hydrogen-bond donors (Lipinski definition) is 2. The maximum Gasteiger partial charge on any atom is 0.243 e. The Kier molecular flexibility index (Phi) is 7.88. The summed E-state index contributed by atoms with van der Waals surface area (Å²) < 4.78 is 13.5. The van der Waals surface area contributed by atoms with Crippen LogP contribution in [-0.2, 0) is 4.79 Å². The normalized spacial score (nSPS) is 17.8. The highest BCUT2D eigenvalue weighted by molar-refractivity contribution is 5.85. The number of rotatable bonds is 6. The Bertz CT molecular complexity index is 647. The molecule has 1 saturated heterocycles. The zero-order valence-electron chi connectivity index (χ0n) is 16.8. The van der Waals surface area contributed by atoms with E-state index in [9.17, 15) is 9.18 Å². The predicted molar refractivity (Wildman–Crippen MR) is 109 cm³/mol. The van der Waals surface area contributed by atoms with Crippen molar-refractivity contribution in [3.63, 3.8) is 0 Å². The summed E-state index contributed by atoms with van der Waals surface area (Å²) in [6.45, 7) is 6.83. The number of hydrogen-bond acceptors (Lipinski definition) is 3. The van der Waals surface area contributed by atoms with Crippen molar-refractivity contribution in [1.29, 1.82) is 0 Å². The van der Waals surface area contributed by atoms with Crippen molar-refractivity contribution in [1.82, 2.24) is 15.5 Å². The van der Waals surface area contributed by atoms with Crippen LogP contribution in [0.25, 0.3) is 0 Å². The molecule has 0 spiro atoms. The number of piperidine rings is 1. The topological polar surface area (TPSA) is 60.0 Å². The highest BCUT2D eigenvalue weighted by Crippen LogP contribution is 2.20. The number of guanidine groups is 1. The molecular formula is C20H32FN5O. The smallest absolute Gasteiger partial charge is 0.243 e. The minimum atomic E-state index is -0.217. The van der Waals surface area contributed by atoms with Crippen LogP contribution in [0, 0.1) is 11.7 Å². The van der Waals surface area contributed by atoms with E-state index in [-0.39, 0.29) is 24.3 Å². The first-order valence-electron chi connectivity index (χ1n) is 9.60. The molecule has 1 atom stereocenters. The zero-order valence-corrected chi connectivity index (χ0v) is 16.8. The summed E-state index contributed by atoms with van der Waals surface area (Å²) in [7, 11) is 3.45. The first kappa shape index (κ1) is 21.0. The molecule has 6 nitrogen and oxygen atoms in total. The summed E-state index contributed by atoms with van der Waals surface area (Å²) in [4.78, 5) is 20.0. The van der Waals surface area contributed by atoms with Gasteiger partial charge in [-0.15, -0.1) is 0 Å². The van der Waals surface area contributed by atoms with Crippen LogP contribution < -0.4 is 15.5 Å². The van der Waals surface area contributed by atoms with Gasteiger partial charge < -0.3 is 20.4 Å². The molecule has 27 heavy (non-hydrogen) atoms. The van der Waals surface area contributed by atoms with Gasteiger partial charge >= 0.3 is 0 Å². The van der Waals surface area contributed by atoms with E-state index in [0.29, 0.717) is 11.9 Å². The molecule has 1 heterocycles. The lowest BCUT2D eigenvalue weighted by molar-refractivity contribution is -0.127. The quantitative estimate of drug-likeness (QED) is 0.589. The van der Waals surface area contributed by atoms with E-state index in [0.717, 1.165) is 38.2 Å². The largest absolute Gasteiger partial charge is 0.369 e. The fourth-order valence-electron chi connectivity index (χ4n) is 2.94. The van der Waals surface area contributed by atoms with Crippen molar-refractivity contribution < 1.29 is 9.18 Å². The molecule has 2 rings (SSSR count). The molecule has 0 radical (unpaired) electrons. The number of amides is 1. The van der Waals surface area contributed by atoms with Crippen LogP contribution in [0.1, 0.15) is 26.7 Å². The number of anilines is 1. The second kappa shape index (κ2) is 10.1. The average Bonchev–Trinajstić information content (AvgIpc) is 2.63. The molecule has 1 amide bonds. The van der Waals surface area contributed by atoms with Gasteiger partial charge in [0.25, 0.3) is 0 Å². The Morgan fingerprint density at radius 3 is 2.85 bits per heavy atom. The summed E-state index contributed by atoms with van der Waals surface area (Å²) >= 11 is 0. The molecule has 1 aliphatic rings. The summed E-state index contributed by atoms with van der Waals surface area (Å²) in [6, 6.07) is 6.91. The van der Waals surface area contributed by atoms with Gasteiger partial charge in [-0.25, -0.2) is 9.38 Å². The number of aliphatic imine (C=N–C) groups is 1. The van der Waals surface area contributed by atoms with Crippen LogP contribution in [0.4, 0.5) is 10.1 Å². The summed E-state index contributed by atoms with van der Waals surface area (Å²) in [5, 5.41) is 6.77. The van der Waals surface area contributed by atoms with Gasteiger partial charge in [0.1, 0.15) is 12.4 Å². The molecule has 0 bridgehead atoms. The molecule has 1 aromatic rings. The van der Waals surface area contributed by atoms with Crippen molar-refractivity contribution in [2.75, 3.05) is 45.2 Å². The van der Waals surface area contributed by atoms with Gasteiger partial charge in [0.05, 0.1) is 0 Å². The number of carbonyl (C=O) groups is 1. The molecule has 0 aromatic heterocycles. The fraction of sp³-hybridized carbons (Fsp3) is 0.600. The molecule has 1 aliphatic heterocycles. The second-order valence-electron chi connectivity index (χ2n) is 7.64. The lowest BCUT2D eigenvalue weighted by atomic mass is 10.0. The molecule has 1 aromatic carbocycles. The van der Waals surface area contributed by atoms with Gasteiger partial charge in [0, 0.05) is 45.5 Å². The predicted octanol–water partition coefficient (Wildman–Crippen LogP) is 2.07. The zero-order chi connectivity index (χ0) is 19.8. The van der Waals surface area contributed by atoms with Gasteiger partial charge in [-0.3, -0.25) is 4.79 Å². The van der Waals surface area contributed by atoms with Crippen LogP contribution in [0.2, 0.25) is 0 Å². The Balaban J connectivity index is 2.01. The molecular weight excluding hydrogens is 345 g/mol. The van der Waals surface area contributed by atoms with E-state index in [1.807, 2.05) is 6.07 Å². The lowest BCUT2D eigenvalue weighted by Crippen LogP contribution is -2.52. The Hall–Kier alpha value is -2.31. The Morgan fingerprint density at radius 2 is 2.19 bits per heavy atom. The SMILES string of the molecule is CC(C)CNC(=NCC(=O)N(C)C)NC1CCCN(c2cccc(F)c2)C1. The summed E-state index contributed by atoms with van der Waals surface area (Å²) in [6.07, 6.45) is 2.03. The molecule has 150 valence electrons. The van der Waals surface area contributed by atoms with E-state index in [2.05, 4.69) is 34.4 Å². The highest BCUT2D eigenvalue weighted by atomic mass is 19.1. The standard InChI is InChI=1S/C20H32FN5O/c1-15(2)12-22-20(23-13-19(27)25(3)4)24-17-8-6-10-26(14-17)18-9-5-7-16(21)11-18/h5,7,9,11,15,17H,6,8,10,12-14H2,1-4H3,(H2,22,23,24). The maximum absolute atomic E-state index is 13.5. The number of carbonyl (C=O) groups excluding carboxylic acids is 1. The minimum absolute atomic E-state index is 0.0364. The number of nitrogens with one attached hydrogen (secondary N) is 2. The van der Waals surface area contributed by atoms with Crippen LogP contribution in [0.15, 0.2) is 29.3 Å². The van der Waals surface area contributed by atoms with Crippen LogP contribution in [0.3, 0.4) is 0 Å². The van der Waals surface area contributed by atoms with E-state index in [1.54, 1.807) is 26.2 Å². The third-order valence-corrected chi connectivity index (χ3v) is 4.48. The van der Waals surface area contributed by atoms with Gasteiger partial charge in [-0.1, -0.05) is 19.9 Å². The average molecular weight is 378 g/mol. The molecule has 0 saturated carbocycles. The highest BCUT2D eigenvalue weighted by Gasteiger charge is 2.21. The summed E-state index contributed by atoms with van der Waals surface area (Å²) in [5.74, 6) is 0.873. The summed E-state index contributed by atoms with van der Waals surface area (Å²) in [5.41, 5.74) is 0.901. The van der Waals surface area contributed by atoms with Gasteiger partial charge in [-0.2, -0.15) is 0 Å². The monoisotopic (exact) mass is 377 g/mol. The Labute approximate surface area is 161 Å². The van der Waals surface area contributed by atoms with E-state index < -0.39 is 0 Å². The first-order valence-corrected chi connectivity index (χ1v) is 9.60. The lowest BCUT2D eigenvalue weighted by Gasteiger charge is -2.35. The maximum atomic E-state index is 13.5. The third-order valence-electron chi connectivity index (χ3n) is 4.48. The number of nitrogens with zero attached hydrogens (tertiary/aromatic N) is 3. The number of likely N-dealkylation sites (N-methyl/N-ethyl adjacent to an activating group) is 1. The van der Waals surface area contributed by atoms with Gasteiger partial charge in [-0.05, 0) is 37.0 Å². The number of benzene rings is 1. The minimum Gasteiger partial charge on any atom is -0.369 e. The van der Waals surface area contributed by atoms with Crippen molar-refractivity contribution in [3.8, 4) is 0 Å². The fourth-order valence-corrected chi connectivity index (χ4v) is 2.94. The molecule has 2 N–H and O–H groups in total. The Morgan fingerprint density at radius 1 is 1.41 bits per heavy atom. The molecule has 7 heteroatoms. The van der Waals surface area contributed by atoms with Crippen molar-refractivity contribution in [2.45, 2.75) is 32.7 Å². The van der Waals surface area contributed by atoms with Gasteiger partial charge in [0.2, 0.25) is 5.91 Å². The van der Waals surface area contributed by atoms with Crippen molar-refractivity contribution in [3.05, 3.63) is 30.1 Å². The van der Waals surface area contributed by atoms with E-state index in [1.165, 1.54) is 11.0 Å². The molecule has 0 aliphatic carbocycles. The molecule has 1 unspecified atom stereocenters. The first-order chi connectivity index (χ1) is 12.8. The van der Waals surface area contributed by atoms with Crippen molar-refractivity contribution >= 4 is 17.6 Å². The second-order valence-corrected chi connectivity index (χ2v) is 7.64. The van der Waals surface area contributed by atoms with Crippen LogP contribution >= 0.6 is 0 Å².